The first-order chi connectivity index (χ1) is 17.2. The fourth-order valence-electron chi connectivity index (χ4n) is 3.90. The van der Waals surface area contributed by atoms with Crippen molar-refractivity contribution in [2.24, 2.45) is 5.10 Å². The lowest BCUT2D eigenvalue weighted by molar-refractivity contribution is 0.354. The van der Waals surface area contributed by atoms with E-state index in [4.69, 9.17) is 9.47 Å². The molecule has 0 saturated carbocycles. The van der Waals surface area contributed by atoms with Crippen molar-refractivity contribution in [2.45, 2.75) is 18.7 Å². The predicted molar refractivity (Wildman–Crippen MR) is 138 cm³/mol. The van der Waals surface area contributed by atoms with Gasteiger partial charge in [0.1, 0.15) is 0 Å². The van der Waals surface area contributed by atoms with E-state index >= 15 is 0 Å². The fraction of sp³-hybridized carbons (Fsp3) is 0.154. The summed E-state index contributed by atoms with van der Waals surface area (Å²) in [6, 6.07) is 16.5. The van der Waals surface area contributed by atoms with Crippen molar-refractivity contribution in [2.75, 3.05) is 14.2 Å². The molecule has 0 amide bonds. The number of nitrogens with zero attached hydrogens (tertiary/aromatic N) is 2. The maximum atomic E-state index is 13.3. The summed E-state index contributed by atoms with van der Waals surface area (Å²) in [4.78, 5) is 15.6. The molecule has 4 aromatic rings. The summed E-state index contributed by atoms with van der Waals surface area (Å²) in [6.07, 6.45) is 1.18. The predicted octanol–water partition coefficient (Wildman–Crippen LogP) is 3.64. The quantitative estimate of drug-likeness (QED) is 0.291. The van der Waals surface area contributed by atoms with Gasteiger partial charge < -0.3 is 14.6 Å². The highest BCUT2D eigenvalue weighted by atomic mass is 32.2. The van der Waals surface area contributed by atoms with E-state index < -0.39 is 21.5 Å². The van der Waals surface area contributed by atoms with Gasteiger partial charge in [0, 0.05) is 16.8 Å². The highest BCUT2D eigenvalue weighted by Crippen LogP contribution is 2.32. The maximum Gasteiger partial charge on any atom is 0.276 e. The normalized spacial score (nSPS) is 11.7. The van der Waals surface area contributed by atoms with Crippen LogP contribution in [0.25, 0.3) is 16.5 Å². The Hall–Kier alpha value is -4.31. The third-order valence-electron chi connectivity index (χ3n) is 5.73. The van der Waals surface area contributed by atoms with Gasteiger partial charge in [0.2, 0.25) is 5.88 Å². The Kier molecular flexibility index (Phi) is 6.71. The van der Waals surface area contributed by atoms with Crippen LogP contribution < -0.4 is 19.9 Å². The molecule has 0 spiro atoms. The van der Waals surface area contributed by atoms with E-state index in [1.807, 2.05) is 6.07 Å². The van der Waals surface area contributed by atoms with E-state index in [1.54, 1.807) is 68.4 Å². The first-order valence-electron chi connectivity index (χ1n) is 10.9. The van der Waals surface area contributed by atoms with Crippen LogP contribution in [0.4, 0.5) is 0 Å². The zero-order chi connectivity index (χ0) is 26.0. The van der Waals surface area contributed by atoms with Crippen molar-refractivity contribution in [3.63, 3.8) is 0 Å². The molecule has 0 unspecified atom stereocenters. The van der Waals surface area contributed by atoms with Crippen LogP contribution >= 0.6 is 0 Å². The minimum Gasteiger partial charge on any atom is -0.494 e. The number of aromatic nitrogens is 1. The standard InChI is InChI=1S/C26H25N3O6S/c1-16-9-10-17(2)24(13-16)36(32,33)28-27-15-21-19-7-5-6-8-20(19)25(30)29(26(21)31)18-11-12-22(34-3)23(14-18)35-4/h5-15,28,31H,1-4H3/b27-15+. The monoisotopic (exact) mass is 507 g/mol. The van der Waals surface area contributed by atoms with Gasteiger partial charge in [0.05, 0.1) is 36.6 Å². The van der Waals surface area contributed by atoms with Gasteiger partial charge in [-0.3, -0.25) is 4.79 Å². The van der Waals surface area contributed by atoms with Gasteiger partial charge in [-0.1, -0.05) is 30.3 Å². The average Bonchev–Trinajstić information content (AvgIpc) is 2.87. The Bertz CT molecular complexity index is 1660. The van der Waals surface area contributed by atoms with Crippen LogP contribution in [0.2, 0.25) is 0 Å². The second kappa shape index (κ2) is 9.74. The molecule has 1 aromatic heterocycles. The van der Waals surface area contributed by atoms with Crippen molar-refractivity contribution in [1.82, 2.24) is 9.40 Å². The van der Waals surface area contributed by atoms with Crippen LogP contribution in [-0.4, -0.2) is 38.5 Å². The van der Waals surface area contributed by atoms with Gasteiger partial charge >= 0.3 is 0 Å². The lowest BCUT2D eigenvalue weighted by Gasteiger charge is -2.15. The Morgan fingerprint density at radius 3 is 2.33 bits per heavy atom. The van der Waals surface area contributed by atoms with E-state index in [1.165, 1.54) is 20.4 Å². The molecule has 0 aliphatic rings. The number of sulfonamides is 1. The molecule has 3 aromatic carbocycles. The molecule has 2 N–H and O–H groups in total. The van der Waals surface area contributed by atoms with E-state index in [0.29, 0.717) is 33.5 Å². The smallest absolute Gasteiger partial charge is 0.276 e. The molecule has 10 heteroatoms. The number of hydrogen-bond donors (Lipinski definition) is 2. The van der Waals surface area contributed by atoms with Crippen LogP contribution in [0, 0.1) is 13.8 Å². The molecule has 186 valence electrons. The Morgan fingerprint density at radius 1 is 0.944 bits per heavy atom. The van der Waals surface area contributed by atoms with Crippen molar-refractivity contribution >= 4 is 27.0 Å². The van der Waals surface area contributed by atoms with E-state index in [0.717, 1.165) is 10.1 Å². The zero-order valence-corrected chi connectivity index (χ0v) is 21.0. The Balaban J connectivity index is 1.84. The number of methoxy groups -OCH3 is 2. The number of fused-ring (bicyclic) bond motifs is 1. The summed E-state index contributed by atoms with van der Waals surface area (Å²) in [7, 11) is -1.01. The van der Waals surface area contributed by atoms with Gasteiger partial charge in [-0.15, -0.1) is 0 Å². The van der Waals surface area contributed by atoms with Crippen molar-refractivity contribution in [1.29, 1.82) is 0 Å². The van der Waals surface area contributed by atoms with E-state index in [2.05, 4.69) is 9.93 Å². The van der Waals surface area contributed by atoms with Gasteiger partial charge in [-0.25, -0.2) is 9.40 Å². The minimum atomic E-state index is -3.97. The van der Waals surface area contributed by atoms with Crippen molar-refractivity contribution in [3.8, 4) is 23.1 Å². The lowest BCUT2D eigenvalue weighted by atomic mass is 10.1. The number of nitrogens with one attached hydrogen (secondary N) is 1. The molecule has 9 nitrogen and oxygen atoms in total. The van der Waals surface area contributed by atoms with Crippen molar-refractivity contribution < 1.29 is 23.0 Å². The highest BCUT2D eigenvalue weighted by Gasteiger charge is 2.19. The van der Waals surface area contributed by atoms with Crippen LogP contribution in [0.5, 0.6) is 17.4 Å². The van der Waals surface area contributed by atoms with Gasteiger partial charge in [-0.05, 0) is 49.2 Å². The SMILES string of the molecule is COc1ccc(-n2c(O)c(/C=N/NS(=O)(=O)c3cc(C)ccc3C)c3ccccc3c2=O)cc1OC. The molecule has 1 heterocycles. The third-order valence-corrected chi connectivity index (χ3v) is 7.09. The molecule has 0 fully saturated rings. The molecule has 36 heavy (non-hydrogen) atoms. The first kappa shape index (κ1) is 24.8. The summed E-state index contributed by atoms with van der Waals surface area (Å²) in [5, 5.41) is 15.8. The first-order valence-corrected chi connectivity index (χ1v) is 12.4. The number of hydrazone groups is 1. The molecule has 4 rings (SSSR count). The molecule has 0 saturated heterocycles. The topological polar surface area (TPSA) is 119 Å². The summed E-state index contributed by atoms with van der Waals surface area (Å²) >= 11 is 0. The van der Waals surface area contributed by atoms with Crippen LogP contribution in [0.1, 0.15) is 16.7 Å². The Morgan fingerprint density at radius 2 is 1.64 bits per heavy atom. The summed E-state index contributed by atoms with van der Waals surface area (Å²) < 4.78 is 37.4. The fourth-order valence-corrected chi connectivity index (χ4v) is 5.02. The van der Waals surface area contributed by atoms with E-state index in [9.17, 15) is 18.3 Å². The number of pyridine rings is 1. The van der Waals surface area contributed by atoms with Crippen molar-refractivity contribution in [3.05, 3.63) is 87.7 Å². The number of benzene rings is 3. The molecule has 0 aliphatic heterocycles. The largest absolute Gasteiger partial charge is 0.494 e. The number of aromatic hydroxyl groups is 1. The van der Waals surface area contributed by atoms with Gasteiger partial charge in [0.15, 0.2) is 11.5 Å². The minimum absolute atomic E-state index is 0.101. The lowest BCUT2D eigenvalue weighted by Crippen LogP contribution is -2.21. The van der Waals surface area contributed by atoms with Crippen LogP contribution in [0.15, 0.2) is 75.5 Å². The van der Waals surface area contributed by atoms with Crippen LogP contribution in [-0.2, 0) is 10.0 Å². The summed E-state index contributed by atoms with van der Waals surface area (Å²) in [5.74, 6) is 0.406. The second-order valence-electron chi connectivity index (χ2n) is 8.08. The molecular formula is C26H25N3O6S. The summed E-state index contributed by atoms with van der Waals surface area (Å²) in [6.45, 7) is 3.49. The van der Waals surface area contributed by atoms with Crippen LogP contribution in [0.3, 0.4) is 0 Å². The zero-order valence-electron chi connectivity index (χ0n) is 20.1. The maximum absolute atomic E-state index is 13.3. The molecule has 0 atom stereocenters. The molecule has 0 bridgehead atoms. The van der Waals surface area contributed by atoms with E-state index in [-0.39, 0.29) is 10.5 Å². The van der Waals surface area contributed by atoms with Gasteiger partial charge in [-0.2, -0.15) is 13.5 Å². The average molecular weight is 508 g/mol. The number of hydrogen-bond acceptors (Lipinski definition) is 7. The number of ether oxygens (including phenoxy) is 2. The Labute approximate surface area is 208 Å². The molecule has 0 radical (unpaired) electrons. The number of rotatable bonds is 7. The highest BCUT2D eigenvalue weighted by molar-refractivity contribution is 7.89. The number of aryl methyl sites for hydroxylation is 2. The summed E-state index contributed by atoms with van der Waals surface area (Å²) in [5.41, 5.74) is 1.37. The second-order valence-corrected chi connectivity index (χ2v) is 9.71. The van der Waals surface area contributed by atoms with Gasteiger partial charge in [0.25, 0.3) is 15.6 Å². The molecule has 0 aliphatic carbocycles. The molecular weight excluding hydrogens is 482 g/mol. The third kappa shape index (κ3) is 4.50.